The van der Waals surface area contributed by atoms with Crippen LogP contribution in [0.4, 0.5) is 0 Å². The van der Waals surface area contributed by atoms with Crippen LogP contribution in [0.3, 0.4) is 0 Å². The molecule has 0 bridgehead atoms. The summed E-state index contributed by atoms with van der Waals surface area (Å²) in [6.07, 6.45) is 1.20. The number of hydrogen-bond acceptors (Lipinski definition) is 4. The van der Waals surface area contributed by atoms with Crippen LogP contribution < -0.4 is 10.6 Å². The number of guanidine groups is 1. The zero-order valence-corrected chi connectivity index (χ0v) is 13.3. The molecule has 0 aromatic heterocycles. The topological polar surface area (TPSA) is 79.8 Å². The Bertz CT molecular complexity index is 530. The fourth-order valence-electron chi connectivity index (χ4n) is 1.56. The molecule has 0 unspecified atom stereocenters. The van der Waals surface area contributed by atoms with Gasteiger partial charge in [0.05, 0.1) is 19.0 Å². The zero-order valence-electron chi connectivity index (χ0n) is 12.5. The lowest BCUT2D eigenvalue weighted by molar-refractivity contribution is 0.154. The van der Waals surface area contributed by atoms with Gasteiger partial charge in [0, 0.05) is 26.4 Å². The third-order valence-electron chi connectivity index (χ3n) is 2.66. The van der Waals surface area contributed by atoms with Crippen molar-refractivity contribution in [2.45, 2.75) is 6.54 Å². The number of nitrogens with one attached hydrogen (secondary N) is 2. The van der Waals surface area contributed by atoms with E-state index in [0.29, 0.717) is 25.7 Å². The maximum Gasteiger partial charge on any atom is 0.191 e. The van der Waals surface area contributed by atoms with Gasteiger partial charge < -0.3 is 15.4 Å². The first-order valence-corrected chi connectivity index (χ1v) is 8.81. The first-order valence-electron chi connectivity index (χ1n) is 6.75. The van der Waals surface area contributed by atoms with Crippen LogP contribution in [0.15, 0.2) is 35.3 Å². The highest BCUT2D eigenvalue weighted by atomic mass is 32.2. The molecule has 1 aromatic carbocycles. The number of ether oxygens (including phenoxy) is 1. The summed E-state index contributed by atoms with van der Waals surface area (Å²) in [7, 11) is -1.25. The lowest BCUT2D eigenvalue weighted by atomic mass is 10.2. The van der Waals surface area contributed by atoms with E-state index in [4.69, 9.17) is 4.74 Å². The van der Waals surface area contributed by atoms with Gasteiger partial charge in [-0.05, 0) is 5.56 Å². The van der Waals surface area contributed by atoms with Crippen molar-refractivity contribution in [1.29, 1.82) is 0 Å². The standard InChI is InChI=1S/C14H23N3O3S/c1-15-14(17-12-13-6-4-3-5-7-13)16-8-9-20-10-11-21(2,18)19/h3-7H,8-12H2,1-2H3,(H2,15,16,17). The van der Waals surface area contributed by atoms with Gasteiger partial charge in [0.1, 0.15) is 9.84 Å². The predicted molar refractivity (Wildman–Crippen MR) is 85.2 cm³/mol. The maximum absolute atomic E-state index is 10.9. The Balaban J connectivity index is 2.15. The van der Waals surface area contributed by atoms with Crippen molar-refractivity contribution >= 4 is 15.8 Å². The fraction of sp³-hybridized carbons (Fsp3) is 0.500. The highest BCUT2D eigenvalue weighted by Gasteiger charge is 2.01. The molecular weight excluding hydrogens is 290 g/mol. The normalized spacial score (nSPS) is 12.2. The number of nitrogens with zero attached hydrogens (tertiary/aromatic N) is 1. The van der Waals surface area contributed by atoms with Crippen molar-refractivity contribution < 1.29 is 13.2 Å². The predicted octanol–water partition coefficient (Wildman–Crippen LogP) is 0.413. The molecule has 0 aliphatic carbocycles. The average Bonchev–Trinajstić information content (AvgIpc) is 2.45. The lowest BCUT2D eigenvalue weighted by Gasteiger charge is -2.12. The van der Waals surface area contributed by atoms with Gasteiger partial charge in [-0.15, -0.1) is 0 Å². The highest BCUT2D eigenvalue weighted by molar-refractivity contribution is 7.90. The van der Waals surface area contributed by atoms with E-state index < -0.39 is 9.84 Å². The van der Waals surface area contributed by atoms with Crippen molar-refractivity contribution in [1.82, 2.24) is 10.6 Å². The SMILES string of the molecule is CN=C(NCCOCCS(C)(=O)=O)NCc1ccccc1. The number of aliphatic imine (C=N–C) groups is 1. The van der Waals surface area contributed by atoms with Gasteiger partial charge in [0.25, 0.3) is 0 Å². The van der Waals surface area contributed by atoms with E-state index in [1.165, 1.54) is 11.8 Å². The smallest absolute Gasteiger partial charge is 0.191 e. The molecule has 0 fully saturated rings. The molecule has 0 atom stereocenters. The second-order valence-corrected chi connectivity index (χ2v) is 6.84. The molecule has 2 N–H and O–H groups in total. The van der Waals surface area contributed by atoms with Crippen LogP contribution in [-0.4, -0.2) is 53.2 Å². The van der Waals surface area contributed by atoms with Crippen LogP contribution in [0.2, 0.25) is 0 Å². The van der Waals surface area contributed by atoms with Crippen LogP contribution in [0, 0.1) is 0 Å². The van der Waals surface area contributed by atoms with E-state index in [-0.39, 0.29) is 12.4 Å². The molecule has 1 aromatic rings. The van der Waals surface area contributed by atoms with Crippen molar-refractivity contribution in [2.24, 2.45) is 4.99 Å². The fourth-order valence-corrected chi connectivity index (χ4v) is 1.98. The van der Waals surface area contributed by atoms with E-state index in [1.807, 2.05) is 30.3 Å². The summed E-state index contributed by atoms with van der Waals surface area (Å²) in [4.78, 5) is 4.10. The second-order valence-electron chi connectivity index (χ2n) is 4.58. The third-order valence-corrected chi connectivity index (χ3v) is 3.57. The molecule has 118 valence electrons. The van der Waals surface area contributed by atoms with Gasteiger partial charge in [-0.1, -0.05) is 30.3 Å². The van der Waals surface area contributed by atoms with E-state index in [1.54, 1.807) is 7.05 Å². The molecule has 0 amide bonds. The van der Waals surface area contributed by atoms with Gasteiger partial charge in [0.2, 0.25) is 0 Å². The van der Waals surface area contributed by atoms with E-state index in [0.717, 1.165) is 0 Å². The van der Waals surface area contributed by atoms with Gasteiger partial charge in [0.15, 0.2) is 5.96 Å². The zero-order chi connectivity index (χ0) is 15.6. The Morgan fingerprint density at radius 2 is 1.90 bits per heavy atom. The molecule has 0 saturated heterocycles. The highest BCUT2D eigenvalue weighted by Crippen LogP contribution is 1.96. The Morgan fingerprint density at radius 3 is 2.52 bits per heavy atom. The van der Waals surface area contributed by atoms with E-state index in [2.05, 4.69) is 15.6 Å². The molecule has 6 nitrogen and oxygen atoms in total. The van der Waals surface area contributed by atoms with Crippen LogP contribution in [-0.2, 0) is 21.1 Å². The second kappa shape index (κ2) is 9.36. The Kier molecular flexibility index (Phi) is 7.78. The van der Waals surface area contributed by atoms with Crippen LogP contribution in [0.1, 0.15) is 5.56 Å². The average molecular weight is 313 g/mol. The molecule has 7 heteroatoms. The van der Waals surface area contributed by atoms with Crippen molar-refractivity contribution in [2.75, 3.05) is 38.8 Å². The Morgan fingerprint density at radius 1 is 1.19 bits per heavy atom. The summed E-state index contributed by atoms with van der Waals surface area (Å²) in [5.41, 5.74) is 1.17. The number of rotatable bonds is 8. The van der Waals surface area contributed by atoms with Crippen molar-refractivity contribution in [3.63, 3.8) is 0 Å². The van der Waals surface area contributed by atoms with Crippen LogP contribution in [0.5, 0.6) is 0 Å². The van der Waals surface area contributed by atoms with E-state index >= 15 is 0 Å². The number of sulfone groups is 1. The quantitative estimate of drug-likeness (QED) is 0.413. The minimum atomic E-state index is -2.95. The van der Waals surface area contributed by atoms with Crippen LogP contribution >= 0.6 is 0 Å². The van der Waals surface area contributed by atoms with Gasteiger partial charge in [-0.2, -0.15) is 0 Å². The van der Waals surface area contributed by atoms with Gasteiger partial charge in [-0.25, -0.2) is 8.42 Å². The number of hydrogen-bond donors (Lipinski definition) is 2. The summed E-state index contributed by atoms with van der Waals surface area (Å²) in [5.74, 6) is 0.735. The Hall–Kier alpha value is -1.60. The summed E-state index contributed by atoms with van der Waals surface area (Å²) < 4.78 is 27.1. The van der Waals surface area contributed by atoms with Gasteiger partial charge >= 0.3 is 0 Å². The van der Waals surface area contributed by atoms with E-state index in [9.17, 15) is 8.42 Å². The monoisotopic (exact) mass is 313 g/mol. The molecule has 0 spiro atoms. The molecule has 0 saturated carbocycles. The summed E-state index contributed by atoms with van der Waals surface area (Å²) in [6.45, 7) is 1.91. The maximum atomic E-state index is 10.9. The summed E-state index contributed by atoms with van der Waals surface area (Å²) in [5, 5.41) is 6.29. The number of benzene rings is 1. The minimum absolute atomic E-state index is 0.0496. The molecular formula is C14H23N3O3S. The largest absolute Gasteiger partial charge is 0.379 e. The molecule has 0 heterocycles. The molecule has 0 aliphatic rings. The first kappa shape index (κ1) is 17.5. The molecule has 0 aliphatic heterocycles. The minimum Gasteiger partial charge on any atom is -0.379 e. The molecule has 1 rings (SSSR count). The molecule has 21 heavy (non-hydrogen) atoms. The van der Waals surface area contributed by atoms with Gasteiger partial charge in [-0.3, -0.25) is 4.99 Å². The first-order chi connectivity index (χ1) is 10.0. The molecule has 0 radical (unpaired) electrons. The van der Waals surface area contributed by atoms with Crippen molar-refractivity contribution in [3.8, 4) is 0 Å². The van der Waals surface area contributed by atoms with Crippen molar-refractivity contribution in [3.05, 3.63) is 35.9 Å². The van der Waals surface area contributed by atoms with Crippen LogP contribution in [0.25, 0.3) is 0 Å². The Labute approximate surface area is 126 Å². The summed E-state index contributed by atoms with van der Waals surface area (Å²) in [6, 6.07) is 10.0. The summed E-state index contributed by atoms with van der Waals surface area (Å²) >= 11 is 0. The lowest BCUT2D eigenvalue weighted by Crippen LogP contribution is -2.38. The third kappa shape index (κ3) is 9.04.